The van der Waals surface area contributed by atoms with Gasteiger partial charge in [0.25, 0.3) is 6.71 Å². The lowest BCUT2D eigenvalue weighted by Crippen LogP contribution is -2.61. The first-order valence-electron chi connectivity index (χ1n) is 51.4. The van der Waals surface area contributed by atoms with Crippen LogP contribution >= 0.6 is 0 Å². The predicted molar refractivity (Wildman–Crippen MR) is 405 cm³/mol. The molecule has 5 heterocycles. The number of rotatable bonds is 8. The number of anilines is 12. The Balaban J connectivity index is 1.21. The SMILES string of the molecule is [2H]c1c([2H])c([2H])c(N(c2c([2H])c([2H])c([2H])c([2H])c2[2H])c2c([2H])c3c4c(c2[2H])N2c5c(c([2H])c([2H])c([2H])c5-n5c6c([2H])c([2H])c(C(C)(C)C)c([2H])c6c6c([2H])c(C(C)(C)C)c([2H])c2c65)B4c2c([2H])c([2H])c(N(c4c([2H])c([2H])c(C(C)(C)C)c([2H])c4[2H])c4c([2H])c([2H])c(C(C)(C)C)c([2H])c4[2H])c([2H])c2N3c2c([2H])c([2H])c(-c3c([2H])c([2H])c([2H])c4oc5c([2H])c([2H])c([2H])c([2H])c5c34)c([2H])c2[2H])c([2H])c1[2H]. The molecule has 0 fully saturated rings. The highest BCUT2D eigenvalue weighted by Gasteiger charge is 2.47. The number of para-hydroxylation sites is 4. The van der Waals surface area contributed by atoms with Gasteiger partial charge in [-0.3, -0.25) is 0 Å². The zero-order valence-corrected chi connectivity index (χ0v) is 53.2. The van der Waals surface area contributed by atoms with Crippen LogP contribution in [0.4, 0.5) is 68.2 Å². The molecular weight excluding hydrogens is 1150 g/mol. The third-order valence-corrected chi connectivity index (χ3v) is 16.9. The maximum atomic E-state index is 11.7. The number of furan rings is 1. The van der Waals surface area contributed by atoms with Crippen LogP contribution in [0.15, 0.2) is 258 Å². The molecule has 0 aliphatic carbocycles. The number of benzene rings is 12. The quantitative estimate of drug-likeness (QED) is 0.142. The van der Waals surface area contributed by atoms with Crippen LogP contribution in [0.3, 0.4) is 0 Å². The van der Waals surface area contributed by atoms with Gasteiger partial charge in [-0.25, -0.2) is 0 Å². The Labute approximate surface area is 618 Å². The fourth-order valence-electron chi connectivity index (χ4n) is 12.2. The summed E-state index contributed by atoms with van der Waals surface area (Å²) in [7, 11) is 0. The summed E-state index contributed by atoms with van der Waals surface area (Å²) in [6.07, 6.45) is 0. The molecule has 0 unspecified atom stereocenters. The van der Waals surface area contributed by atoms with Crippen LogP contribution in [-0.4, -0.2) is 11.3 Å². The average molecular weight is 1270 g/mol. The smallest absolute Gasteiger partial charge is 0.252 e. The van der Waals surface area contributed by atoms with Gasteiger partial charge in [0.15, 0.2) is 0 Å². The van der Waals surface area contributed by atoms with E-state index in [9.17, 15) is 50.7 Å². The number of aromatic nitrogens is 1. The first-order valence-corrected chi connectivity index (χ1v) is 30.4. The van der Waals surface area contributed by atoms with E-state index in [0.29, 0.717) is 14.7 Å². The number of hydrogen-bond acceptors (Lipinski definition) is 5. The van der Waals surface area contributed by atoms with Crippen LogP contribution in [0.2, 0.25) is 0 Å². The molecule has 0 N–H and O–H groups in total. The Morgan fingerprint density at radius 1 is 0.358 bits per heavy atom. The van der Waals surface area contributed by atoms with Crippen LogP contribution in [0.5, 0.6) is 0 Å². The van der Waals surface area contributed by atoms with Crippen molar-refractivity contribution in [2.24, 2.45) is 0 Å². The summed E-state index contributed by atoms with van der Waals surface area (Å²) >= 11 is 0. The lowest BCUT2D eigenvalue weighted by Gasteiger charge is -2.47. The van der Waals surface area contributed by atoms with Crippen molar-refractivity contribution < 1.29 is 62.0 Å². The molecule has 17 rings (SSSR count). The summed E-state index contributed by atoms with van der Waals surface area (Å²) in [6.45, 7) is 16.3. The number of fused-ring (bicyclic) bond motifs is 12. The van der Waals surface area contributed by atoms with E-state index >= 15 is 0 Å². The van der Waals surface area contributed by atoms with Crippen LogP contribution in [0.1, 0.15) is 163 Å². The van der Waals surface area contributed by atoms with E-state index in [1.54, 1.807) is 41.5 Å². The van der Waals surface area contributed by atoms with Gasteiger partial charge >= 0.3 is 0 Å². The molecule has 0 spiro atoms. The van der Waals surface area contributed by atoms with Crippen molar-refractivity contribution in [1.29, 1.82) is 0 Å². The molecular formula is C88H78BN5O. The highest BCUT2D eigenvalue weighted by molar-refractivity contribution is 7.00. The molecule has 3 aliphatic heterocycles. The number of hydrogen-bond donors (Lipinski definition) is 0. The average Bonchev–Trinajstić information content (AvgIpc) is 1.59. The molecule has 0 bridgehead atoms. The number of nitrogens with zero attached hydrogens (tertiary/aromatic N) is 5. The van der Waals surface area contributed by atoms with E-state index in [-0.39, 0.29) is 33.0 Å². The predicted octanol–water partition coefficient (Wildman–Crippen LogP) is 22.9. The first kappa shape index (κ1) is 29.0. The second kappa shape index (κ2) is 21.0. The molecule has 464 valence electrons. The molecule has 0 saturated heterocycles. The Morgan fingerprint density at radius 2 is 0.884 bits per heavy atom. The van der Waals surface area contributed by atoms with Crippen molar-refractivity contribution in [1.82, 2.24) is 4.57 Å². The minimum absolute atomic E-state index is 0.0802. The summed E-state index contributed by atoms with van der Waals surface area (Å²) in [4.78, 5) is 2.25. The maximum absolute atomic E-state index is 11.7. The zero-order valence-electron chi connectivity index (χ0n) is 95.2. The molecule has 2 aromatic heterocycles. The molecule has 3 aliphatic rings. The third-order valence-electron chi connectivity index (χ3n) is 16.9. The second-order valence-electron chi connectivity index (χ2n) is 27.3. The topological polar surface area (TPSA) is 31.0 Å². The minimum Gasteiger partial charge on any atom is -0.456 e. The largest absolute Gasteiger partial charge is 0.456 e. The van der Waals surface area contributed by atoms with Gasteiger partial charge in [-0.05, 0) is 198 Å². The van der Waals surface area contributed by atoms with Crippen molar-refractivity contribution in [3.05, 3.63) is 276 Å². The Kier molecular flexibility index (Phi) is 6.42. The Bertz CT molecular complexity index is 7780. The summed E-state index contributed by atoms with van der Waals surface area (Å²) < 4.78 is 430. The van der Waals surface area contributed by atoms with E-state index in [4.69, 9.17) is 11.3 Å². The van der Waals surface area contributed by atoms with E-state index in [2.05, 4.69) is 0 Å². The molecule has 0 atom stereocenters. The minimum atomic E-state index is -2.51. The van der Waals surface area contributed by atoms with Crippen LogP contribution in [-0.2, 0) is 21.7 Å². The van der Waals surface area contributed by atoms with Crippen molar-refractivity contribution >= 4 is 135 Å². The highest BCUT2D eigenvalue weighted by Crippen LogP contribution is 2.56. The van der Waals surface area contributed by atoms with Crippen molar-refractivity contribution in [2.75, 3.05) is 19.6 Å². The molecule has 0 saturated carbocycles. The molecule has 0 amide bonds. The van der Waals surface area contributed by atoms with Gasteiger partial charge in [0.05, 0.1) is 91.4 Å². The van der Waals surface area contributed by atoms with E-state index in [1.165, 1.54) is 41.5 Å². The van der Waals surface area contributed by atoms with Gasteiger partial charge in [-0.2, -0.15) is 0 Å². The van der Waals surface area contributed by atoms with Gasteiger partial charge < -0.3 is 28.6 Å². The monoisotopic (exact) mass is 1270 g/mol. The fraction of sp³-hybridized carbons (Fsp3) is 0.182. The highest BCUT2D eigenvalue weighted by atomic mass is 16.3. The van der Waals surface area contributed by atoms with Gasteiger partial charge in [-0.15, -0.1) is 0 Å². The van der Waals surface area contributed by atoms with Crippen LogP contribution < -0.4 is 36.0 Å². The lowest BCUT2D eigenvalue weighted by atomic mass is 9.33. The van der Waals surface area contributed by atoms with Crippen LogP contribution in [0.25, 0.3) is 60.6 Å². The molecule has 7 heteroatoms. The summed E-state index contributed by atoms with van der Waals surface area (Å²) in [5, 5.41) is -1.90. The molecule has 12 aromatic carbocycles. The summed E-state index contributed by atoms with van der Waals surface area (Å²) in [5.74, 6) is 0. The Hall–Kier alpha value is -10.5. The van der Waals surface area contributed by atoms with E-state index < -0.39 is 417 Å². The molecule has 95 heavy (non-hydrogen) atoms. The fourth-order valence-corrected chi connectivity index (χ4v) is 12.2. The van der Waals surface area contributed by atoms with Gasteiger partial charge in [-0.1, -0.05) is 210 Å². The maximum Gasteiger partial charge on any atom is 0.252 e. The van der Waals surface area contributed by atoms with E-state index in [1.807, 2.05) is 0 Å². The summed E-state index contributed by atoms with van der Waals surface area (Å²) in [5.41, 5.74) is -27.0. The zero-order chi connectivity index (χ0) is 102. The summed E-state index contributed by atoms with van der Waals surface area (Å²) in [6, 6.07) is -46.0. The van der Waals surface area contributed by atoms with E-state index in [0.717, 1.165) is 9.47 Å². The molecule has 0 radical (unpaired) electrons. The first-order chi connectivity index (χ1) is 63.2. The second-order valence-corrected chi connectivity index (χ2v) is 27.3. The van der Waals surface area contributed by atoms with Gasteiger partial charge in [0.2, 0.25) is 0 Å². The van der Waals surface area contributed by atoms with Crippen molar-refractivity contribution in [2.45, 2.75) is 105 Å². The normalized spacial score (nSPS) is 19.6. The third kappa shape index (κ3) is 9.28. The van der Waals surface area contributed by atoms with Gasteiger partial charge in [0, 0.05) is 72.7 Å². The van der Waals surface area contributed by atoms with Crippen LogP contribution in [0, 0.1) is 0 Å². The van der Waals surface area contributed by atoms with Crippen molar-refractivity contribution in [3.63, 3.8) is 0 Å². The Morgan fingerprint density at radius 3 is 1.52 bits per heavy atom. The molecule has 14 aromatic rings. The van der Waals surface area contributed by atoms with Crippen molar-refractivity contribution in [3.8, 4) is 16.8 Å². The standard InChI is InChI=1S/C88H78BN5O/c1-85(2,3)56-35-42-62(43-36-56)90(63-44-37-57(38-45-63)86(4,5)6)65-46-47-71-75(52-65)92(64-40-33-55(34-41-64)67-28-21-32-80-81(67)68-27-19-20-31-79(68)95-80)76-53-66(91(60-23-15-13-16-24-60)61-25-17-14-18-26-61)54-77-82(76)89(71)72-29-22-30-74-84(72)94(77)78-51-59(88(10,11)12)50-70-69-49-58(87(7,8)9)39-48-73(69)93(74)83(70)78/h13-54H,1-12H3/i13D,14D,15D,16D,17D,18D,19D,20D,21D,22D,23D,24D,25D,26D,27D,28D,29D,30D,31D,32D,33D,34D,35D,36D,37D,38D,39D,40D,41D,42D,43D,44D,45D,46D,47D,48D,49D,50D,51D,52D,53D,54D. The lowest BCUT2D eigenvalue weighted by molar-refractivity contribution is 0.590. The van der Waals surface area contributed by atoms with Gasteiger partial charge in [0.1, 0.15) is 11.2 Å². The molecule has 6 nitrogen and oxygen atoms in total.